The highest BCUT2D eigenvalue weighted by atomic mass is 15.2. The highest BCUT2D eigenvalue weighted by Crippen LogP contribution is 2.25. The molecule has 0 bridgehead atoms. The van der Waals surface area contributed by atoms with Crippen LogP contribution >= 0.6 is 0 Å². The molecule has 0 amide bonds. The predicted octanol–water partition coefficient (Wildman–Crippen LogP) is 3.84. The van der Waals surface area contributed by atoms with Crippen LogP contribution in [0.3, 0.4) is 0 Å². The minimum absolute atomic E-state index is 0.0907. The first kappa shape index (κ1) is 14.3. The molecule has 0 spiro atoms. The minimum Gasteiger partial charge on any atom is -0.323 e. The molecule has 0 radical (unpaired) electrons. The van der Waals surface area contributed by atoms with Crippen molar-refractivity contribution in [2.75, 3.05) is 13.1 Å². The zero-order valence-corrected chi connectivity index (χ0v) is 12.7. The van der Waals surface area contributed by atoms with E-state index in [0.717, 1.165) is 0 Å². The molecule has 2 nitrogen and oxygen atoms in total. The number of nitrogens with zero attached hydrogens (tertiary/aromatic N) is 1. The summed E-state index contributed by atoms with van der Waals surface area (Å²) in [4.78, 5) is 2.51. The van der Waals surface area contributed by atoms with E-state index in [4.69, 9.17) is 5.73 Å². The summed E-state index contributed by atoms with van der Waals surface area (Å²) in [6.07, 6.45) is 2.62. The first-order valence-electron chi connectivity index (χ1n) is 7.91. The molecule has 0 saturated carbocycles. The summed E-state index contributed by atoms with van der Waals surface area (Å²) in [5, 5.41) is 0. The fourth-order valence-electron chi connectivity index (χ4n) is 3.18. The number of nitrogens with two attached hydrogens (primary N) is 1. The normalized spacial score (nSPS) is 18.6. The van der Waals surface area contributed by atoms with Crippen molar-refractivity contribution >= 4 is 0 Å². The van der Waals surface area contributed by atoms with Crippen molar-refractivity contribution < 1.29 is 0 Å². The van der Waals surface area contributed by atoms with Gasteiger partial charge in [-0.15, -0.1) is 0 Å². The molecule has 0 aliphatic carbocycles. The van der Waals surface area contributed by atoms with E-state index in [0.29, 0.717) is 6.04 Å². The summed E-state index contributed by atoms with van der Waals surface area (Å²) < 4.78 is 0. The van der Waals surface area contributed by atoms with Crippen LogP contribution in [0.1, 0.15) is 31.4 Å². The fourth-order valence-corrected chi connectivity index (χ4v) is 3.18. The van der Waals surface area contributed by atoms with Gasteiger partial charge in [0.15, 0.2) is 0 Å². The molecule has 1 saturated heterocycles. The van der Waals surface area contributed by atoms with Gasteiger partial charge in [-0.3, -0.25) is 4.90 Å². The Labute approximate surface area is 127 Å². The molecule has 2 unspecified atom stereocenters. The summed E-state index contributed by atoms with van der Waals surface area (Å²) in [5.74, 6) is 0. The highest BCUT2D eigenvalue weighted by molar-refractivity contribution is 5.63. The quantitative estimate of drug-likeness (QED) is 0.922. The average molecular weight is 280 g/mol. The average Bonchev–Trinajstić information content (AvgIpc) is 3.09. The van der Waals surface area contributed by atoms with E-state index in [-0.39, 0.29) is 6.04 Å². The van der Waals surface area contributed by atoms with Crippen molar-refractivity contribution in [1.82, 2.24) is 4.90 Å². The van der Waals surface area contributed by atoms with Gasteiger partial charge in [0.25, 0.3) is 0 Å². The number of hydrogen-bond acceptors (Lipinski definition) is 2. The van der Waals surface area contributed by atoms with Crippen molar-refractivity contribution in [1.29, 1.82) is 0 Å². The largest absolute Gasteiger partial charge is 0.323 e. The second kappa shape index (κ2) is 6.42. The van der Waals surface area contributed by atoms with Crippen LogP contribution in [-0.2, 0) is 0 Å². The van der Waals surface area contributed by atoms with E-state index in [9.17, 15) is 0 Å². The molecule has 0 aromatic heterocycles. The lowest BCUT2D eigenvalue weighted by Gasteiger charge is -2.29. The van der Waals surface area contributed by atoms with Gasteiger partial charge in [0.1, 0.15) is 0 Å². The van der Waals surface area contributed by atoms with E-state index < -0.39 is 0 Å². The van der Waals surface area contributed by atoms with Crippen molar-refractivity contribution in [3.8, 4) is 11.1 Å². The third kappa shape index (κ3) is 3.17. The van der Waals surface area contributed by atoms with Crippen molar-refractivity contribution in [3.63, 3.8) is 0 Å². The maximum atomic E-state index is 6.47. The maximum absolute atomic E-state index is 6.47. The molecule has 2 atom stereocenters. The Morgan fingerprint density at radius 1 is 0.857 bits per heavy atom. The summed E-state index contributed by atoms with van der Waals surface area (Å²) in [7, 11) is 0. The molecule has 2 aromatic carbocycles. The molecule has 3 rings (SSSR count). The summed E-state index contributed by atoms with van der Waals surface area (Å²) in [6.45, 7) is 4.63. The smallest absolute Gasteiger partial charge is 0.0450 e. The van der Waals surface area contributed by atoms with Crippen LogP contribution in [0.15, 0.2) is 54.6 Å². The van der Waals surface area contributed by atoms with E-state index in [1.54, 1.807) is 0 Å². The second-order valence-corrected chi connectivity index (χ2v) is 6.00. The third-order valence-electron chi connectivity index (χ3n) is 4.64. The van der Waals surface area contributed by atoms with Crippen LogP contribution < -0.4 is 5.73 Å². The van der Waals surface area contributed by atoms with Crippen LogP contribution in [0.25, 0.3) is 11.1 Å². The minimum atomic E-state index is 0.0907. The van der Waals surface area contributed by atoms with E-state index in [1.807, 2.05) is 6.07 Å². The van der Waals surface area contributed by atoms with Gasteiger partial charge in [0, 0.05) is 12.1 Å². The molecule has 2 N–H and O–H groups in total. The molecule has 21 heavy (non-hydrogen) atoms. The van der Waals surface area contributed by atoms with Gasteiger partial charge in [0.2, 0.25) is 0 Å². The Morgan fingerprint density at radius 3 is 2.05 bits per heavy atom. The predicted molar refractivity (Wildman–Crippen MR) is 89.1 cm³/mol. The molecule has 2 aromatic rings. The Bertz CT molecular complexity index is 556. The molecule has 1 fully saturated rings. The molecular weight excluding hydrogens is 256 g/mol. The fraction of sp³-hybridized carbons (Fsp3) is 0.368. The lowest BCUT2D eigenvalue weighted by Crippen LogP contribution is -2.38. The summed E-state index contributed by atoms with van der Waals surface area (Å²) >= 11 is 0. The van der Waals surface area contributed by atoms with Crippen molar-refractivity contribution in [2.45, 2.75) is 31.8 Å². The van der Waals surface area contributed by atoms with Gasteiger partial charge in [-0.1, -0.05) is 54.6 Å². The van der Waals surface area contributed by atoms with Gasteiger partial charge >= 0.3 is 0 Å². The Balaban J connectivity index is 1.74. The Hall–Kier alpha value is -1.64. The number of likely N-dealkylation sites (tertiary alicyclic amines) is 1. The third-order valence-corrected chi connectivity index (χ3v) is 4.64. The monoisotopic (exact) mass is 280 g/mol. The highest BCUT2D eigenvalue weighted by Gasteiger charge is 2.24. The van der Waals surface area contributed by atoms with Crippen LogP contribution in [0.2, 0.25) is 0 Å². The first-order chi connectivity index (χ1) is 10.3. The number of rotatable bonds is 4. The first-order valence-corrected chi connectivity index (χ1v) is 7.91. The van der Waals surface area contributed by atoms with Gasteiger partial charge in [-0.2, -0.15) is 0 Å². The summed E-state index contributed by atoms with van der Waals surface area (Å²) in [5.41, 5.74) is 10.2. The Morgan fingerprint density at radius 2 is 1.43 bits per heavy atom. The Kier molecular flexibility index (Phi) is 4.37. The molecule has 110 valence electrons. The van der Waals surface area contributed by atoms with Crippen LogP contribution in [0.4, 0.5) is 0 Å². The van der Waals surface area contributed by atoms with E-state index in [2.05, 4.69) is 60.4 Å². The van der Waals surface area contributed by atoms with Gasteiger partial charge in [0.05, 0.1) is 0 Å². The molecule has 1 aliphatic rings. The van der Waals surface area contributed by atoms with Crippen LogP contribution in [0, 0.1) is 0 Å². The van der Waals surface area contributed by atoms with E-state index in [1.165, 1.54) is 42.6 Å². The lowest BCUT2D eigenvalue weighted by molar-refractivity contribution is 0.227. The molecule has 2 heteroatoms. The zero-order valence-electron chi connectivity index (χ0n) is 12.7. The van der Waals surface area contributed by atoms with Crippen molar-refractivity contribution in [3.05, 3.63) is 60.2 Å². The van der Waals surface area contributed by atoms with E-state index >= 15 is 0 Å². The van der Waals surface area contributed by atoms with Crippen molar-refractivity contribution in [2.24, 2.45) is 5.73 Å². The molecule has 1 heterocycles. The SMILES string of the molecule is CC(C(N)c1ccc(-c2ccccc2)cc1)N1CCCC1. The van der Waals surface area contributed by atoms with Gasteiger partial charge in [-0.05, 0) is 49.5 Å². The maximum Gasteiger partial charge on any atom is 0.0450 e. The molecular formula is C19H24N2. The molecule has 1 aliphatic heterocycles. The number of hydrogen-bond donors (Lipinski definition) is 1. The van der Waals surface area contributed by atoms with Crippen LogP contribution in [-0.4, -0.2) is 24.0 Å². The van der Waals surface area contributed by atoms with Crippen LogP contribution in [0.5, 0.6) is 0 Å². The lowest BCUT2D eigenvalue weighted by atomic mass is 9.97. The second-order valence-electron chi connectivity index (χ2n) is 6.00. The summed E-state index contributed by atoms with van der Waals surface area (Å²) in [6, 6.07) is 19.7. The van der Waals surface area contributed by atoms with Gasteiger partial charge in [-0.25, -0.2) is 0 Å². The topological polar surface area (TPSA) is 29.3 Å². The van der Waals surface area contributed by atoms with Gasteiger partial charge < -0.3 is 5.73 Å². The standard InChI is InChI=1S/C19H24N2/c1-15(21-13-5-6-14-21)19(20)18-11-9-17(10-12-18)16-7-3-2-4-8-16/h2-4,7-12,15,19H,5-6,13-14,20H2,1H3. The number of benzene rings is 2. The zero-order chi connectivity index (χ0) is 14.7.